The average molecular weight is 281 g/mol. The largest absolute Gasteiger partial charge is 0.396 e. The van der Waals surface area contributed by atoms with Crippen LogP contribution in [0.3, 0.4) is 0 Å². The van der Waals surface area contributed by atoms with Gasteiger partial charge in [-0.15, -0.1) is 0 Å². The van der Waals surface area contributed by atoms with Gasteiger partial charge < -0.3 is 15.1 Å². The van der Waals surface area contributed by atoms with Crippen molar-refractivity contribution in [2.75, 3.05) is 19.7 Å². The maximum Gasteiger partial charge on any atom is 0.128 e. The topological polar surface area (TPSA) is 43.7 Å². The summed E-state index contributed by atoms with van der Waals surface area (Å²) in [6.07, 6.45) is 3.98. The molecule has 1 fully saturated rings. The zero-order valence-electron chi connectivity index (χ0n) is 11.8. The van der Waals surface area contributed by atoms with Gasteiger partial charge in [-0.25, -0.2) is 4.39 Å². The van der Waals surface area contributed by atoms with E-state index >= 15 is 0 Å². The second-order valence-electron chi connectivity index (χ2n) is 5.52. The van der Waals surface area contributed by atoms with Gasteiger partial charge in [0.1, 0.15) is 5.82 Å². The van der Waals surface area contributed by atoms with Crippen LogP contribution >= 0.6 is 0 Å². The molecule has 1 aliphatic rings. The molecule has 1 saturated heterocycles. The van der Waals surface area contributed by atoms with Crippen LogP contribution in [0.1, 0.15) is 43.8 Å². The highest BCUT2D eigenvalue weighted by Crippen LogP contribution is 2.25. The van der Waals surface area contributed by atoms with Gasteiger partial charge in [-0.3, -0.25) is 0 Å². The number of hydrogen-bond donors (Lipinski definition) is 2. The standard InChI is InChI=1S/C16H24FNO2/c17-15-8-2-1-7-14(15)16(20)9-11-18-10-3-5-13(18)6-4-12-19/h1-2,7-8,13,16,19-20H,3-6,9-12H2. The number of hydrogen-bond acceptors (Lipinski definition) is 3. The minimum absolute atomic E-state index is 0.238. The van der Waals surface area contributed by atoms with E-state index in [2.05, 4.69) is 4.90 Å². The Morgan fingerprint density at radius 1 is 1.35 bits per heavy atom. The fourth-order valence-electron chi connectivity index (χ4n) is 3.03. The Labute approximate surface area is 120 Å². The fourth-order valence-corrected chi connectivity index (χ4v) is 3.03. The maximum absolute atomic E-state index is 13.6. The molecule has 1 aliphatic heterocycles. The van der Waals surface area contributed by atoms with Gasteiger partial charge in [-0.1, -0.05) is 18.2 Å². The predicted octanol–water partition coefficient (Wildman–Crippen LogP) is 2.49. The van der Waals surface area contributed by atoms with Gasteiger partial charge in [0.15, 0.2) is 0 Å². The minimum atomic E-state index is -0.740. The van der Waals surface area contributed by atoms with E-state index < -0.39 is 6.10 Å². The zero-order chi connectivity index (χ0) is 14.4. The number of aliphatic hydroxyl groups is 2. The first-order valence-electron chi connectivity index (χ1n) is 7.49. The van der Waals surface area contributed by atoms with Crippen molar-refractivity contribution < 1.29 is 14.6 Å². The maximum atomic E-state index is 13.6. The molecule has 1 heterocycles. The van der Waals surface area contributed by atoms with Crippen molar-refractivity contribution in [2.24, 2.45) is 0 Å². The lowest BCUT2D eigenvalue weighted by molar-refractivity contribution is 0.130. The lowest BCUT2D eigenvalue weighted by atomic mass is 10.0. The van der Waals surface area contributed by atoms with Crippen molar-refractivity contribution in [1.29, 1.82) is 0 Å². The van der Waals surface area contributed by atoms with Crippen LogP contribution in [0, 0.1) is 5.82 Å². The number of likely N-dealkylation sites (tertiary alicyclic amines) is 1. The Kier molecular flexibility index (Phi) is 5.95. The average Bonchev–Trinajstić information content (AvgIpc) is 2.90. The SMILES string of the molecule is OCCCC1CCCN1CCC(O)c1ccccc1F. The molecule has 1 aromatic rings. The van der Waals surface area contributed by atoms with E-state index in [0.717, 1.165) is 32.4 Å². The molecular weight excluding hydrogens is 257 g/mol. The molecule has 0 saturated carbocycles. The van der Waals surface area contributed by atoms with Crippen LogP contribution in [0.15, 0.2) is 24.3 Å². The third-order valence-electron chi connectivity index (χ3n) is 4.15. The van der Waals surface area contributed by atoms with E-state index in [9.17, 15) is 9.50 Å². The van der Waals surface area contributed by atoms with Crippen LogP contribution in [-0.2, 0) is 0 Å². The van der Waals surface area contributed by atoms with Crippen LogP contribution in [0.5, 0.6) is 0 Å². The van der Waals surface area contributed by atoms with E-state index in [-0.39, 0.29) is 12.4 Å². The van der Waals surface area contributed by atoms with Crippen molar-refractivity contribution in [3.63, 3.8) is 0 Å². The van der Waals surface area contributed by atoms with Gasteiger partial charge in [0.2, 0.25) is 0 Å². The molecule has 0 aromatic heterocycles. The number of aliphatic hydroxyl groups excluding tert-OH is 2. The molecule has 2 atom stereocenters. The van der Waals surface area contributed by atoms with Crippen LogP contribution in [0.25, 0.3) is 0 Å². The summed E-state index contributed by atoms with van der Waals surface area (Å²) in [6.45, 7) is 2.06. The lowest BCUT2D eigenvalue weighted by Gasteiger charge is -2.25. The second-order valence-corrected chi connectivity index (χ2v) is 5.52. The number of benzene rings is 1. The summed E-state index contributed by atoms with van der Waals surface area (Å²) in [7, 11) is 0. The van der Waals surface area contributed by atoms with Gasteiger partial charge in [0.05, 0.1) is 6.10 Å². The van der Waals surface area contributed by atoms with Crippen molar-refractivity contribution in [3.8, 4) is 0 Å². The molecule has 2 unspecified atom stereocenters. The first kappa shape index (κ1) is 15.4. The summed E-state index contributed by atoms with van der Waals surface area (Å²) in [6, 6.07) is 6.93. The Bertz CT molecular complexity index is 413. The molecule has 2 rings (SSSR count). The molecule has 0 aliphatic carbocycles. The third-order valence-corrected chi connectivity index (χ3v) is 4.15. The van der Waals surface area contributed by atoms with E-state index in [1.165, 1.54) is 12.5 Å². The highest BCUT2D eigenvalue weighted by molar-refractivity contribution is 5.19. The van der Waals surface area contributed by atoms with Crippen molar-refractivity contribution in [1.82, 2.24) is 4.90 Å². The van der Waals surface area contributed by atoms with Gasteiger partial charge in [-0.05, 0) is 44.7 Å². The molecule has 2 N–H and O–H groups in total. The zero-order valence-corrected chi connectivity index (χ0v) is 11.8. The fraction of sp³-hybridized carbons (Fsp3) is 0.625. The molecule has 0 bridgehead atoms. The lowest BCUT2D eigenvalue weighted by Crippen LogP contribution is -2.31. The first-order valence-corrected chi connectivity index (χ1v) is 7.49. The summed E-state index contributed by atoms with van der Waals surface area (Å²) in [5.74, 6) is -0.335. The molecule has 3 nitrogen and oxygen atoms in total. The molecule has 0 radical (unpaired) electrons. The molecule has 20 heavy (non-hydrogen) atoms. The Morgan fingerprint density at radius 3 is 2.90 bits per heavy atom. The van der Waals surface area contributed by atoms with E-state index in [4.69, 9.17) is 5.11 Å². The first-order chi connectivity index (χ1) is 9.72. The van der Waals surface area contributed by atoms with Gasteiger partial charge >= 0.3 is 0 Å². The molecule has 0 spiro atoms. The highest BCUT2D eigenvalue weighted by atomic mass is 19.1. The number of nitrogens with zero attached hydrogens (tertiary/aromatic N) is 1. The Morgan fingerprint density at radius 2 is 2.15 bits per heavy atom. The Hall–Kier alpha value is -0.970. The van der Waals surface area contributed by atoms with E-state index in [1.54, 1.807) is 18.2 Å². The summed E-state index contributed by atoms with van der Waals surface area (Å²) in [5, 5.41) is 19.0. The number of rotatable bonds is 7. The molecule has 4 heteroatoms. The predicted molar refractivity (Wildman–Crippen MR) is 76.9 cm³/mol. The smallest absolute Gasteiger partial charge is 0.128 e. The van der Waals surface area contributed by atoms with Gasteiger partial charge in [0.25, 0.3) is 0 Å². The quantitative estimate of drug-likeness (QED) is 0.807. The molecule has 112 valence electrons. The molecular formula is C16H24FNO2. The summed E-state index contributed by atoms with van der Waals surface area (Å²) in [5.41, 5.74) is 0.388. The van der Waals surface area contributed by atoms with Crippen molar-refractivity contribution in [2.45, 2.75) is 44.2 Å². The summed E-state index contributed by atoms with van der Waals surface area (Å²) < 4.78 is 13.6. The van der Waals surface area contributed by atoms with Gasteiger partial charge in [0, 0.05) is 24.8 Å². The van der Waals surface area contributed by atoms with Crippen LogP contribution in [0.2, 0.25) is 0 Å². The van der Waals surface area contributed by atoms with Crippen molar-refractivity contribution in [3.05, 3.63) is 35.6 Å². The number of halogens is 1. The van der Waals surface area contributed by atoms with Crippen LogP contribution in [0.4, 0.5) is 4.39 Å². The summed E-state index contributed by atoms with van der Waals surface area (Å²) in [4.78, 5) is 2.36. The summed E-state index contributed by atoms with van der Waals surface area (Å²) >= 11 is 0. The third kappa shape index (κ3) is 4.01. The van der Waals surface area contributed by atoms with E-state index in [1.807, 2.05) is 0 Å². The highest BCUT2D eigenvalue weighted by Gasteiger charge is 2.24. The monoisotopic (exact) mass is 281 g/mol. The minimum Gasteiger partial charge on any atom is -0.396 e. The van der Waals surface area contributed by atoms with Crippen LogP contribution in [-0.4, -0.2) is 40.9 Å². The van der Waals surface area contributed by atoms with Gasteiger partial charge in [-0.2, -0.15) is 0 Å². The normalized spacial score (nSPS) is 21.2. The van der Waals surface area contributed by atoms with E-state index in [0.29, 0.717) is 18.0 Å². The van der Waals surface area contributed by atoms with Crippen molar-refractivity contribution >= 4 is 0 Å². The Balaban J connectivity index is 1.83. The van der Waals surface area contributed by atoms with Crippen LogP contribution < -0.4 is 0 Å². The second kappa shape index (κ2) is 7.72. The molecule has 1 aromatic carbocycles. The molecule has 0 amide bonds.